The van der Waals surface area contributed by atoms with Crippen LogP contribution in [0.4, 0.5) is 5.69 Å². The van der Waals surface area contributed by atoms with Gasteiger partial charge in [-0.05, 0) is 13.8 Å². The Hall–Kier alpha value is -1.57. The van der Waals surface area contributed by atoms with E-state index in [4.69, 9.17) is 0 Å². The molecule has 0 aliphatic heterocycles. The summed E-state index contributed by atoms with van der Waals surface area (Å²) in [4.78, 5) is 21.2. The summed E-state index contributed by atoms with van der Waals surface area (Å²) in [5.41, 5.74) is 0.903. The third-order valence-electron chi connectivity index (χ3n) is 2.19. The molecule has 0 spiro atoms. The van der Waals surface area contributed by atoms with Gasteiger partial charge in [-0.15, -0.1) is 11.8 Å². The second-order valence-electron chi connectivity index (χ2n) is 3.33. The van der Waals surface area contributed by atoms with Crippen molar-refractivity contribution in [2.75, 3.05) is 12.9 Å². The van der Waals surface area contributed by atoms with Crippen molar-refractivity contribution in [1.82, 2.24) is 9.78 Å². The molecule has 0 fully saturated rings. The molecule has 0 aliphatic carbocycles. The molecule has 1 rings (SSSR count). The highest BCUT2D eigenvalue weighted by atomic mass is 32.2. The Labute approximate surface area is 102 Å². The molecule has 0 radical (unpaired) electrons. The number of nitrogens with zero attached hydrogens (tertiary/aromatic N) is 3. The highest BCUT2D eigenvalue weighted by Gasteiger charge is 2.21. The lowest BCUT2D eigenvalue weighted by Gasteiger charge is -2.02. The molecule has 0 saturated heterocycles. The zero-order chi connectivity index (χ0) is 13.0. The first kappa shape index (κ1) is 13.5. The van der Waals surface area contributed by atoms with Crippen LogP contribution in [0.1, 0.15) is 11.4 Å². The summed E-state index contributed by atoms with van der Waals surface area (Å²) in [5, 5.41) is 14.8. The number of carbonyl (C=O) groups is 1. The number of esters is 1. The fourth-order valence-electron chi connectivity index (χ4n) is 1.35. The smallest absolute Gasteiger partial charge is 0.315 e. The third-order valence-corrected chi connectivity index (χ3v) is 3.05. The molecule has 7 nitrogen and oxygen atoms in total. The molecule has 17 heavy (non-hydrogen) atoms. The lowest BCUT2D eigenvalue weighted by molar-refractivity contribution is -0.386. The summed E-state index contributed by atoms with van der Waals surface area (Å²) in [6, 6.07) is 0. The van der Waals surface area contributed by atoms with Crippen LogP contribution >= 0.6 is 11.8 Å². The molecule has 1 heterocycles. The number of carbonyl (C=O) groups excluding carboxylic acids is 1. The van der Waals surface area contributed by atoms with Crippen LogP contribution in [0.15, 0.2) is 0 Å². The van der Waals surface area contributed by atoms with Crippen LogP contribution in [0.5, 0.6) is 0 Å². The van der Waals surface area contributed by atoms with Crippen molar-refractivity contribution >= 4 is 23.4 Å². The van der Waals surface area contributed by atoms with Gasteiger partial charge in [0.2, 0.25) is 0 Å². The summed E-state index contributed by atoms with van der Waals surface area (Å²) in [6.07, 6.45) is 0. The predicted molar refractivity (Wildman–Crippen MR) is 62.8 cm³/mol. The molecule has 0 atom stereocenters. The van der Waals surface area contributed by atoms with Gasteiger partial charge in [-0.2, -0.15) is 5.10 Å². The van der Waals surface area contributed by atoms with Gasteiger partial charge < -0.3 is 4.74 Å². The number of aryl methyl sites for hydroxylation is 1. The van der Waals surface area contributed by atoms with Gasteiger partial charge >= 0.3 is 11.7 Å². The van der Waals surface area contributed by atoms with E-state index in [9.17, 15) is 14.9 Å². The molecule has 0 saturated carbocycles. The normalized spacial score (nSPS) is 10.3. The molecule has 0 N–H and O–H groups in total. The minimum Gasteiger partial charge on any atom is -0.468 e. The lowest BCUT2D eigenvalue weighted by atomic mass is 10.3. The highest BCUT2D eigenvalue weighted by molar-refractivity contribution is 7.98. The van der Waals surface area contributed by atoms with Crippen LogP contribution in [0.3, 0.4) is 0 Å². The number of aromatic nitrogens is 2. The van der Waals surface area contributed by atoms with Gasteiger partial charge in [0.15, 0.2) is 0 Å². The van der Waals surface area contributed by atoms with E-state index in [1.165, 1.54) is 23.6 Å². The number of thioether (sulfide) groups is 1. The van der Waals surface area contributed by atoms with Crippen molar-refractivity contribution in [3.63, 3.8) is 0 Å². The van der Waals surface area contributed by atoms with E-state index in [1.807, 2.05) is 0 Å². The topological polar surface area (TPSA) is 87.3 Å². The molecule has 0 unspecified atom stereocenters. The minimum absolute atomic E-state index is 0.0312. The first-order valence-corrected chi connectivity index (χ1v) is 5.95. The average Bonchev–Trinajstić information content (AvgIpc) is 2.53. The average molecular weight is 259 g/mol. The maximum Gasteiger partial charge on any atom is 0.315 e. The van der Waals surface area contributed by atoms with Crippen LogP contribution in [0.25, 0.3) is 0 Å². The first-order valence-electron chi connectivity index (χ1n) is 4.80. The van der Waals surface area contributed by atoms with E-state index >= 15 is 0 Å². The number of rotatable bonds is 5. The lowest BCUT2D eigenvalue weighted by Crippen LogP contribution is -2.06. The standard InChI is InChI=1S/C9H13N3O4S/c1-6-9(12(14)15)7(2)11(10-6)5-17-4-8(13)16-3/h4-5H2,1-3H3. The van der Waals surface area contributed by atoms with E-state index in [0.29, 0.717) is 17.3 Å². The van der Waals surface area contributed by atoms with Crippen LogP contribution in [0.2, 0.25) is 0 Å². The van der Waals surface area contributed by atoms with E-state index in [1.54, 1.807) is 13.8 Å². The molecule has 0 aliphatic rings. The van der Waals surface area contributed by atoms with Crippen molar-refractivity contribution in [3.05, 3.63) is 21.5 Å². The van der Waals surface area contributed by atoms with Gasteiger partial charge in [0, 0.05) is 0 Å². The monoisotopic (exact) mass is 259 g/mol. The summed E-state index contributed by atoms with van der Waals surface area (Å²) >= 11 is 1.29. The van der Waals surface area contributed by atoms with E-state index in [0.717, 1.165) is 0 Å². The van der Waals surface area contributed by atoms with Crippen molar-refractivity contribution in [2.24, 2.45) is 0 Å². The second kappa shape index (κ2) is 5.67. The number of methoxy groups -OCH3 is 1. The highest BCUT2D eigenvalue weighted by Crippen LogP contribution is 2.23. The largest absolute Gasteiger partial charge is 0.468 e. The van der Waals surface area contributed by atoms with E-state index in [-0.39, 0.29) is 17.4 Å². The Morgan fingerprint density at radius 2 is 2.24 bits per heavy atom. The number of hydrogen-bond acceptors (Lipinski definition) is 6. The maximum atomic E-state index is 10.9. The SMILES string of the molecule is COC(=O)CSCn1nc(C)c([N+](=O)[O-])c1C. The summed E-state index contributed by atoms with van der Waals surface area (Å²) in [6.45, 7) is 3.23. The van der Waals surface area contributed by atoms with Crippen LogP contribution in [-0.4, -0.2) is 33.5 Å². The molecule has 1 aromatic heterocycles. The molecular weight excluding hydrogens is 246 g/mol. The zero-order valence-corrected chi connectivity index (χ0v) is 10.6. The Morgan fingerprint density at radius 3 is 2.71 bits per heavy atom. The van der Waals surface area contributed by atoms with Crippen LogP contribution < -0.4 is 0 Å². The van der Waals surface area contributed by atoms with Gasteiger partial charge in [-0.25, -0.2) is 0 Å². The van der Waals surface area contributed by atoms with Crippen molar-refractivity contribution in [1.29, 1.82) is 0 Å². The van der Waals surface area contributed by atoms with Gasteiger partial charge in [0.05, 0.1) is 23.7 Å². The summed E-state index contributed by atoms with van der Waals surface area (Å²) in [5.74, 6) is 0.254. The molecule has 0 bridgehead atoms. The summed E-state index contributed by atoms with van der Waals surface area (Å²) < 4.78 is 6.00. The minimum atomic E-state index is -0.445. The van der Waals surface area contributed by atoms with Gasteiger partial charge in [-0.3, -0.25) is 19.6 Å². The third kappa shape index (κ3) is 3.19. The molecule has 8 heteroatoms. The molecule has 0 amide bonds. The molecule has 0 aromatic carbocycles. The zero-order valence-electron chi connectivity index (χ0n) is 9.80. The Bertz CT molecular complexity index is 444. The number of ether oxygens (including phenoxy) is 1. The Balaban J connectivity index is 2.70. The van der Waals surface area contributed by atoms with Gasteiger partial charge in [0.1, 0.15) is 11.4 Å². The molecule has 94 valence electrons. The first-order chi connectivity index (χ1) is 7.97. The Kier molecular flexibility index (Phi) is 4.50. The second-order valence-corrected chi connectivity index (χ2v) is 4.28. The predicted octanol–water partition coefficient (Wildman–Crippen LogP) is 1.27. The molecule has 1 aromatic rings. The molecular formula is C9H13N3O4S. The fourth-order valence-corrected chi connectivity index (χ4v) is 2.15. The number of hydrogen-bond donors (Lipinski definition) is 0. The van der Waals surface area contributed by atoms with Crippen molar-refractivity contribution in [3.8, 4) is 0 Å². The quantitative estimate of drug-likeness (QED) is 0.449. The number of nitro groups is 1. The van der Waals surface area contributed by atoms with Crippen LogP contribution in [-0.2, 0) is 15.4 Å². The fraction of sp³-hybridized carbons (Fsp3) is 0.556. The van der Waals surface area contributed by atoms with E-state index < -0.39 is 4.92 Å². The van der Waals surface area contributed by atoms with Gasteiger partial charge in [0.25, 0.3) is 0 Å². The van der Waals surface area contributed by atoms with Crippen molar-refractivity contribution in [2.45, 2.75) is 19.7 Å². The summed E-state index contributed by atoms with van der Waals surface area (Å²) in [7, 11) is 1.32. The van der Waals surface area contributed by atoms with E-state index in [2.05, 4.69) is 9.84 Å². The van der Waals surface area contributed by atoms with Crippen molar-refractivity contribution < 1.29 is 14.5 Å². The van der Waals surface area contributed by atoms with Gasteiger partial charge in [-0.1, -0.05) is 0 Å². The Morgan fingerprint density at radius 1 is 1.59 bits per heavy atom. The maximum absolute atomic E-state index is 10.9. The van der Waals surface area contributed by atoms with Crippen LogP contribution in [0, 0.1) is 24.0 Å².